The van der Waals surface area contributed by atoms with Crippen molar-refractivity contribution in [3.63, 3.8) is 0 Å². The van der Waals surface area contributed by atoms with Crippen LogP contribution in [-0.2, 0) is 9.59 Å². The van der Waals surface area contributed by atoms with Crippen molar-refractivity contribution in [2.75, 3.05) is 10.6 Å². The number of rotatable bonds is 11. The molecule has 0 fully saturated rings. The summed E-state index contributed by atoms with van der Waals surface area (Å²) in [5, 5.41) is 16.9. The summed E-state index contributed by atoms with van der Waals surface area (Å²) in [5.74, 6) is -3.20. The van der Waals surface area contributed by atoms with E-state index in [0.29, 0.717) is 27.3 Å². The van der Waals surface area contributed by atoms with Crippen molar-refractivity contribution < 1.29 is 28.7 Å². The lowest BCUT2D eigenvalue weighted by Gasteiger charge is -2.18. The molecule has 240 valence electrons. The maximum absolute atomic E-state index is 13.6. The summed E-state index contributed by atoms with van der Waals surface area (Å²) >= 11 is 7.22. The molecule has 11 heteroatoms. The number of carboxylic acids is 1. The van der Waals surface area contributed by atoms with Gasteiger partial charge in [0, 0.05) is 21.8 Å². The summed E-state index contributed by atoms with van der Waals surface area (Å²) in [7, 11) is 0. The van der Waals surface area contributed by atoms with Gasteiger partial charge in [-0.1, -0.05) is 78.3 Å². The zero-order valence-electron chi connectivity index (χ0n) is 25.0. The minimum Gasteiger partial charge on any atom is -0.478 e. The molecule has 5 aromatic carbocycles. The molecule has 0 spiro atoms. The molecule has 0 aliphatic rings. The lowest BCUT2D eigenvalue weighted by molar-refractivity contribution is -0.116. The second-order valence-corrected chi connectivity index (χ2v) is 11.9. The van der Waals surface area contributed by atoms with Crippen molar-refractivity contribution in [1.82, 2.24) is 5.32 Å². The molecule has 0 aliphatic carbocycles. The number of carbonyl (C=O) groups excluding carboxylic acids is 3. The molecule has 8 nitrogen and oxygen atoms in total. The minimum absolute atomic E-state index is 0.0450. The smallest absolute Gasteiger partial charge is 0.337 e. The molecule has 3 amide bonds. The van der Waals surface area contributed by atoms with E-state index in [-0.39, 0.29) is 22.0 Å². The molecule has 0 aromatic heterocycles. The second kappa shape index (κ2) is 15.7. The van der Waals surface area contributed by atoms with Crippen molar-refractivity contribution in [2.24, 2.45) is 0 Å². The van der Waals surface area contributed by atoms with Crippen molar-refractivity contribution in [3.8, 4) is 0 Å². The molecule has 0 heterocycles. The van der Waals surface area contributed by atoms with E-state index in [1.807, 2.05) is 6.07 Å². The maximum Gasteiger partial charge on any atom is 0.337 e. The van der Waals surface area contributed by atoms with Crippen LogP contribution in [0.25, 0.3) is 6.08 Å². The van der Waals surface area contributed by atoms with Crippen molar-refractivity contribution in [1.29, 1.82) is 0 Å². The summed E-state index contributed by atoms with van der Waals surface area (Å²) in [4.78, 5) is 52.3. The molecule has 0 radical (unpaired) electrons. The fourth-order valence-corrected chi connectivity index (χ4v) is 5.81. The molecule has 1 atom stereocenters. The van der Waals surface area contributed by atoms with Crippen LogP contribution in [0.5, 0.6) is 0 Å². The highest BCUT2D eigenvalue weighted by Crippen LogP contribution is 2.37. The third-order valence-electron chi connectivity index (χ3n) is 6.86. The highest BCUT2D eigenvalue weighted by atomic mass is 35.5. The molecule has 5 aromatic rings. The molecule has 0 aliphatic heterocycles. The van der Waals surface area contributed by atoms with Gasteiger partial charge in [0.2, 0.25) is 5.91 Å². The van der Waals surface area contributed by atoms with Crippen LogP contribution in [-0.4, -0.2) is 28.8 Å². The van der Waals surface area contributed by atoms with Crippen molar-refractivity contribution in [3.05, 3.63) is 166 Å². The summed E-state index contributed by atoms with van der Waals surface area (Å²) in [6.07, 6.45) is 1.44. The Labute approximate surface area is 284 Å². The summed E-state index contributed by atoms with van der Waals surface area (Å²) in [6.45, 7) is 0. The van der Waals surface area contributed by atoms with E-state index in [0.717, 1.165) is 0 Å². The minimum atomic E-state index is -1.22. The SMILES string of the molecule is O=C(Nc1cccc(SC(C(=O)Nc2ccc(Cl)c(C(=O)O)c2)c2ccccc2)c1)/C(=C/c1ccc(F)cc1)NC(=O)c1ccccc1. The Bertz CT molecular complexity index is 1990. The Hall–Kier alpha value is -5.71. The molecular weight excluding hydrogens is 653 g/mol. The number of aromatic carboxylic acids is 1. The monoisotopic (exact) mass is 679 g/mol. The summed E-state index contributed by atoms with van der Waals surface area (Å²) in [6, 6.07) is 33.9. The fraction of sp³-hybridized carbons (Fsp3) is 0.0270. The van der Waals surface area contributed by atoms with Gasteiger partial charge in [-0.3, -0.25) is 14.4 Å². The highest BCUT2D eigenvalue weighted by Gasteiger charge is 2.23. The Kier molecular flexibility index (Phi) is 11.0. The van der Waals surface area contributed by atoms with E-state index in [4.69, 9.17) is 11.6 Å². The summed E-state index contributed by atoms with van der Waals surface area (Å²) < 4.78 is 13.5. The Morgan fingerprint density at radius 2 is 1.42 bits per heavy atom. The Balaban J connectivity index is 1.38. The number of carbonyl (C=O) groups is 4. The molecule has 48 heavy (non-hydrogen) atoms. The fourth-order valence-electron chi connectivity index (χ4n) is 4.53. The largest absolute Gasteiger partial charge is 0.478 e. The molecule has 1 unspecified atom stereocenters. The number of anilines is 2. The van der Waals surface area contributed by atoms with Crippen molar-refractivity contribution >= 4 is 64.5 Å². The predicted octanol–water partition coefficient (Wildman–Crippen LogP) is 8.06. The van der Waals surface area contributed by atoms with Crippen molar-refractivity contribution in [2.45, 2.75) is 10.1 Å². The average Bonchev–Trinajstić information content (AvgIpc) is 3.09. The molecule has 5 rings (SSSR count). The van der Waals surface area contributed by atoms with Gasteiger partial charge in [0.1, 0.15) is 16.8 Å². The number of benzene rings is 5. The van der Waals surface area contributed by atoms with E-state index in [9.17, 15) is 28.7 Å². The quantitative estimate of drug-likeness (QED) is 0.0827. The number of hydrogen-bond donors (Lipinski definition) is 4. The first-order chi connectivity index (χ1) is 23.2. The van der Waals surface area contributed by atoms with Crippen LogP contribution in [0.1, 0.15) is 37.1 Å². The maximum atomic E-state index is 13.6. The number of nitrogens with one attached hydrogen (secondary N) is 3. The van der Waals surface area contributed by atoms with Gasteiger partial charge in [-0.25, -0.2) is 9.18 Å². The third-order valence-corrected chi connectivity index (χ3v) is 8.44. The lowest BCUT2D eigenvalue weighted by Crippen LogP contribution is -2.30. The number of halogens is 2. The normalized spacial score (nSPS) is 11.7. The molecule has 4 N–H and O–H groups in total. The lowest BCUT2D eigenvalue weighted by atomic mass is 10.1. The zero-order chi connectivity index (χ0) is 34.0. The number of thioether (sulfide) groups is 1. The third kappa shape index (κ3) is 8.97. The first-order valence-corrected chi connectivity index (χ1v) is 15.7. The Morgan fingerprint density at radius 3 is 2.10 bits per heavy atom. The van der Waals surface area contributed by atoms with E-state index in [1.165, 1.54) is 60.3 Å². The van der Waals surface area contributed by atoms with Gasteiger partial charge >= 0.3 is 5.97 Å². The van der Waals surface area contributed by atoms with Crippen LogP contribution >= 0.6 is 23.4 Å². The van der Waals surface area contributed by atoms with Crippen LogP contribution in [0.15, 0.2) is 138 Å². The first-order valence-electron chi connectivity index (χ1n) is 14.5. The molecular formula is C37H27ClFN3O5S. The van der Waals surface area contributed by atoms with Gasteiger partial charge in [-0.2, -0.15) is 0 Å². The van der Waals surface area contributed by atoms with Crippen LogP contribution < -0.4 is 16.0 Å². The number of hydrogen-bond acceptors (Lipinski definition) is 5. The van der Waals surface area contributed by atoms with Gasteiger partial charge in [0.25, 0.3) is 11.8 Å². The molecule has 0 bridgehead atoms. The second-order valence-electron chi connectivity index (χ2n) is 10.3. The van der Waals surface area contributed by atoms with E-state index in [2.05, 4.69) is 16.0 Å². The van der Waals surface area contributed by atoms with Gasteiger partial charge in [-0.05, 0) is 77.9 Å². The van der Waals surface area contributed by atoms with Gasteiger partial charge in [-0.15, -0.1) is 11.8 Å². The van der Waals surface area contributed by atoms with Gasteiger partial charge < -0.3 is 21.1 Å². The summed E-state index contributed by atoms with van der Waals surface area (Å²) in [5.41, 5.74) is 1.97. The van der Waals surface area contributed by atoms with Crippen LogP contribution in [0.3, 0.4) is 0 Å². The molecule has 0 saturated carbocycles. The van der Waals surface area contributed by atoms with E-state index < -0.39 is 34.8 Å². The zero-order valence-corrected chi connectivity index (χ0v) is 26.6. The Morgan fingerprint density at radius 1 is 0.750 bits per heavy atom. The topological polar surface area (TPSA) is 125 Å². The van der Waals surface area contributed by atoms with Crippen LogP contribution in [0.2, 0.25) is 5.02 Å². The van der Waals surface area contributed by atoms with Gasteiger partial charge in [0.05, 0.1) is 10.6 Å². The highest BCUT2D eigenvalue weighted by molar-refractivity contribution is 8.00. The van der Waals surface area contributed by atoms with Crippen LogP contribution in [0.4, 0.5) is 15.8 Å². The first kappa shape index (κ1) is 33.6. The predicted molar refractivity (Wildman–Crippen MR) is 185 cm³/mol. The number of carboxylic acid groups (broad SMARTS) is 1. The molecule has 0 saturated heterocycles. The van der Waals surface area contributed by atoms with Crippen LogP contribution in [0, 0.1) is 5.82 Å². The standard InChI is InChI=1S/C37H27ClFN3O5S/c38-31-19-18-28(22-30(31)37(46)47)41-36(45)33(24-8-3-1-4-9-24)48-29-13-7-12-27(21-29)40-35(44)32(20-23-14-16-26(39)17-15-23)42-34(43)25-10-5-2-6-11-25/h1-22,33H,(H,40,44)(H,41,45)(H,42,43)(H,46,47)/b32-20-. The van der Waals surface area contributed by atoms with E-state index in [1.54, 1.807) is 78.9 Å². The average molecular weight is 680 g/mol. The van der Waals surface area contributed by atoms with Gasteiger partial charge in [0.15, 0.2) is 0 Å². The number of amides is 3. The van der Waals surface area contributed by atoms with E-state index >= 15 is 0 Å².